The van der Waals surface area contributed by atoms with Gasteiger partial charge in [0.25, 0.3) is 0 Å². The van der Waals surface area contributed by atoms with Crippen molar-refractivity contribution in [1.82, 2.24) is 16.0 Å². The van der Waals surface area contributed by atoms with Crippen LogP contribution in [-0.4, -0.2) is 50.8 Å². The number of rotatable bonds is 9. The summed E-state index contributed by atoms with van der Waals surface area (Å²) in [4.78, 5) is 16.2. The molecule has 7 heteroatoms. The number of nitrogens with one attached hydrogen (secondary N) is 3. The third kappa shape index (κ3) is 10.9. The van der Waals surface area contributed by atoms with Gasteiger partial charge in [-0.2, -0.15) is 0 Å². The van der Waals surface area contributed by atoms with Gasteiger partial charge >= 0.3 is 0 Å². The predicted molar refractivity (Wildman–Crippen MR) is 115 cm³/mol. The van der Waals surface area contributed by atoms with Crippen LogP contribution in [-0.2, 0) is 9.53 Å². The highest BCUT2D eigenvalue weighted by Gasteiger charge is 2.16. The Hall–Kier alpha value is -0.570. The zero-order chi connectivity index (χ0) is 17.8. The first kappa shape index (κ1) is 24.4. The fourth-order valence-corrected chi connectivity index (χ4v) is 3.07. The molecule has 1 unspecified atom stereocenters. The summed E-state index contributed by atoms with van der Waals surface area (Å²) in [5.74, 6) is 1.19. The third-order valence-electron chi connectivity index (χ3n) is 4.46. The van der Waals surface area contributed by atoms with E-state index in [1.54, 1.807) is 7.05 Å². The lowest BCUT2D eigenvalue weighted by molar-refractivity contribution is -0.120. The number of halogens is 1. The van der Waals surface area contributed by atoms with Crippen LogP contribution in [0.1, 0.15) is 59.3 Å². The highest BCUT2D eigenvalue weighted by atomic mass is 127. The summed E-state index contributed by atoms with van der Waals surface area (Å²) in [5.41, 5.74) is 0. The van der Waals surface area contributed by atoms with Gasteiger partial charge in [-0.1, -0.05) is 33.1 Å². The Kier molecular flexibility index (Phi) is 14.3. The van der Waals surface area contributed by atoms with E-state index in [9.17, 15) is 4.79 Å². The molecule has 0 aromatic rings. The first-order valence-corrected chi connectivity index (χ1v) is 9.42. The summed E-state index contributed by atoms with van der Waals surface area (Å²) >= 11 is 0. The van der Waals surface area contributed by atoms with Gasteiger partial charge in [0.15, 0.2) is 5.96 Å². The van der Waals surface area contributed by atoms with E-state index in [1.807, 2.05) is 6.92 Å². The van der Waals surface area contributed by atoms with Gasteiger partial charge in [0.1, 0.15) is 0 Å². The Morgan fingerprint density at radius 1 is 1.20 bits per heavy atom. The monoisotopic (exact) mass is 468 g/mol. The average Bonchev–Trinajstić information content (AvgIpc) is 2.57. The van der Waals surface area contributed by atoms with Gasteiger partial charge in [0.2, 0.25) is 5.91 Å². The molecule has 0 radical (unpaired) electrons. The zero-order valence-corrected chi connectivity index (χ0v) is 18.6. The second-order valence-electron chi connectivity index (χ2n) is 6.78. The lowest BCUT2D eigenvalue weighted by Crippen LogP contribution is -2.46. The molecule has 0 aromatic carbocycles. The molecule has 1 atom stereocenters. The minimum absolute atomic E-state index is 0. The fraction of sp³-hybridized carbons (Fsp3) is 0.889. The molecule has 148 valence electrons. The van der Waals surface area contributed by atoms with Crippen LogP contribution in [0.4, 0.5) is 0 Å². The number of nitrogens with zero attached hydrogens (tertiary/aromatic N) is 1. The zero-order valence-electron chi connectivity index (χ0n) is 16.3. The molecule has 0 bridgehead atoms. The van der Waals surface area contributed by atoms with Gasteiger partial charge in [0.05, 0.1) is 12.6 Å². The standard InChI is InChI=1S/C18H36N4O2.HI/c1-5-24-16(14(2)3)11-12-20-18(19-4)21-13-17(23)22-15-9-7-6-8-10-15;/h14-16H,5-13H2,1-4H3,(H,22,23)(H2,19,20,21);1H. The number of ether oxygens (including phenoxy) is 1. The SMILES string of the molecule is CCOC(CCNC(=NC)NCC(=O)NC1CCCCC1)C(C)C.I. The van der Waals surface area contributed by atoms with E-state index < -0.39 is 0 Å². The van der Waals surface area contributed by atoms with Crippen molar-refractivity contribution in [3.8, 4) is 0 Å². The molecule has 0 saturated heterocycles. The van der Waals surface area contributed by atoms with E-state index in [4.69, 9.17) is 4.74 Å². The Bertz CT molecular complexity index is 385. The molecule has 6 nitrogen and oxygen atoms in total. The molecular weight excluding hydrogens is 431 g/mol. The molecule has 1 amide bonds. The number of guanidine groups is 1. The molecule has 1 saturated carbocycles. The highest BCUT2D eigenvalue weighted by molar-refractivity contribution is 14.0. The molecule has 1 rings (SSSR count). The molecule has 3 N–H and O–H groups in total. The number of aliphatic imine (C=N–C) groups is 1. The highest BCUT2D eigenvalue weighted by Crippen LogP contribution is 2.17. The fourth-order valence-electron chi connectivity index (χ4n) is 3.07. The van der Waals surface area contributed by atoms with E-state index in [0.29, 0.717) is 17.9 Å². The first-order chi connectivity index (χ1) is 11.6. The van der Waals surface area contributed by atoms with Crippen molar-refractivity contribution >= 4 is 35.8 Å². The number of carbonyl (C=O) groups is 1. The Morgan fingerprint density at radius 3 is 2.44 bits per heavy atom. The maximum Gasteiger partial charge on any atom is 0.239 e. The van der Waals surface area contributed by atoms with Crippen LogP contribution in [0.25, 0.3) is 0 Å². The van der Waals surface area contributed by atoms with Gasteiger partial charge < -0.3 is 20.7 Å². The molecular formula is C18H37IN4O2. The van der Waals surface area contributed by atoms with Crippen LogP contribution in [0, 0.1) is 5.92 Å². The lowest BCUT2D eigenvalue weighted by atomic mass is 9.95. The number of amides is 1. The summed E-state index contributed by atoms with van der Waals surface area (Å²) in [6.07, 6.45) is 7.10. The normalized spacial score (nSPS) is 16.9. The molecule has 1 aliphatic carbocycles. The van der Waals surface area contributed by atoms with Gasteiger partial charge in [-0.3, -0.25) is 9.79 Å². The number of carbonyl (C=O) groups excluding carboxylic acids is 1. The van der Waals surface area contributed by atoms with Gasteiger partial charge in [-0.25, -0.2) is 0 Å². The first-order valence-electron chi connectivity index (χ1n) is 9.42. The van der Waals surface area contributed by atoms with Crippen molar-refractivity contribution in [3.05, 3.63) is 0 Å². The molecule has 1 aliphatic rings. The quantitative estimate of drug-likeness (QED) is 0.276. The third-order valence-corrected chi connectivity index (χ3v) is 4.46. The van der Waals surface area contributed by atoms with Crippen LogP contribution in [0.2, 0.25) is 0 Å². The van der Waals surface area contributed by atoms with Crippen molar-refractivity contribution in [2.24, 2.45) is 10.9 Å². The van der Waals surface area contributed by atoms with Crippen LogP contribution in [0.15, 0.2) is 4.99 Å². The van der Waals surface area contributed by atoms with Crippen LogP contribution >= 0.6 is 24.0 Å². The van der Waals surface area contributed by atoms with Crippen molar-refractivity contribution in [2.75, 3.05) is 26.7 Å². The Labute approximate surface area is 170 Å². The lowest BCUT2D eigenvalue weighted by Gasteiger charge is -2.23. The summed E-state index contributed by atoms with van der Waals surface area (Å²) in [7, 11) is 1.72. The van der Waals surface area contributed by atoms with Gasteiger partial charge in [0, 0.05) is 26.2 Å². The summed E-state index contributed by atoms with van der Waals surface area (Å²) in [5, 5.41) is 9.43. The predicted octanol–water partition coefficient (Wildman–Crippen LogP) is 2.67. The maximum atomic E-state index is 12.0. The van der Waals surface area contributed by atoms with Gasteiger partial charge in [-0.05, 0) is 32.1 Å². The minimum Gasteiger partial charge on any atom is -0.378 e. The van der Waals surface area contributed by atoms with Crippen molar-refractivity contribution in [1.29, 1.82) is 0 Å². The van der Waals surface area contributed by atoms with Crippen molar-refractivity contribution in [3.63, 3.8) is 0 Å². The van der Waals surface area contributed by atoms with Crippen LogP contribution < -0.4 is 16.0 Å². The second kappa shape index (κ2) is 14.6. The average molecular weight is 468 g/mol. The molecule has 25 heavy (non-hydrogen) atoms. The molecule has 0 aliphatic heterocycles. The topological polar surface area (TPSA) is 74.8 Å². The van der Waals surface area contributed by atoms with E-state index in [-0.39, 0.29) is 42.5 Å². The largest absolute Gasteiger partial charge is 0.378 e. The maximum absolute atomic E-state index is 12.0. The van der Waals surface area contributed by atoms with E-state index >= 15 is 0 Å². The van der Waals surface area contributed by atoms with Gasteiger partial charge in [-0.15, -0.1) is 24.0 Å². The molecule has 0 heterocycles. The Balaban J connectivity index is 0.00000576. The Morgan fingerprint density at radius 2 is 1.88 bits per heavy atom. The smallest absolute Gasteiger partial charge is 0.239 e. The van der Waals surface area contributed by atoms with Crippen LogP contribution in [0.5, 0.6) is 0 Å². The van der Waals surface area contributed by atoms with E-state index in [1.165, 1.54) is 19.3 Å². The van der Waals surface area contributed by atoms with E-state index in [0.717, 1.165) is 32.4 Å². The van der Waals surface area contributed by atoms with Crippen molar-refractivity contribution in [2.45, 2.75) is 71.4 Å². The number of hydrogen-bond donors (Lipinski definition) is 3. The van der Waals surface area contributed by atoms with Crippen molar-refractivity contribution < 1.29 is 9.53 Å². The second-order valence-corrected chi connectivity index (χ2v) is 6.78. The molecule has 0 aromatic heterocycles. The number of hydrogen-bond acceptors (Lipinski definition) is 3. The summed E-state index contributed by atoms with van der Waals surface area (Å²) < 4.78 is 5.74. The molecule has 1 fully saturated rings. The van der Waals surface area contributed by atoms with Crippen LogP contribution in [0.3, 0.4) is 0 Å². The molecule has 0 spiro atoms. The summed E-state index contributed by atoms with van der Waals surface area (Å²) in [6.45, 7) is 8.12. The minimum atomic E-state index is 0. The van der Waals surface area contributed by atoms with E-state index in [2.05, 4.69) is 34.8 Å². The summed E-state index contributed by atoms with van der Waals surface area (Å²) in [6, 6.07) is 0.348.